The number of amides is 1. The summed E-state index contributed by atoms with van der Waals surface area (Å²) in [5.41, 5.74) is 4.63. The van der Waals surface area contributed by atoms with Gasteiger partial charge < -0.3 is 14.6 Å². The number of ether oxygens (including phenoxy) is 1. The summed E-state index contributed by atoms with van der Waals surface area (Å²) in [6, 6.07) is 18.3. The molecule has 3 aliphatic rings. The van der Waals surface area contributed by atoms with Gasteiger partial charge in [-0.05, 0) is 42.3 Å². The van der Waals surface area contributed by atoms with Crippen LogP contribution >= 0.6 is 12.2 Å². The first-order valence-corrected chi connectivity index (χ1v) is 11.0. The van der Waals surface area contributed by atoms with E-state index in [4.69, 9.17) is 17.0 Å². The van der Waals surface area contributed by atoms with Crippen molar-refractivity contribution in [2.24, 2.45) is 0 Å². The fourth-order valence-corrected chi connectivity index (χ4v) is 5.67. The van der Waals surface area contributed by atoms with Gasteiger partial charge in [-0.15, -0.1) is 0 Å². The summed E-state index contributed by atoms with van der Waals surface area (Å²) in [5.74, 6) is 0.104. The summed E-state index contributed by atoms with van der Waals surface area (Å²) >= 11 is 5.90. The Balaban J connectivity index is 1.47. The van der Waals surface area contributed by atoms with Crippen LogP contribution in [0.5, 0.6) is 0 Å². The zero-order valence-electron chi connectivity index (χ0n) is 16.6. The van der Waals surface area contributed by atoms with Gasteiger partial charge in [0, 0.05) is 29.6 Å². The van der Waals surface area contributed by atoms with Gasteiger partial charge in [-0.1, -0.05) is 48.5 Å². The van der Waals surface area contributed by atoms with Crippen molar-refractivity contribution in [2.45, 2.75) is 37.5 Å². The monoisotopic (exact) mass is 417 g/mol. The van der Waals surface area contributed by atoms with Crippen LogP contribution < -0.4 is 0 Å². The van der Waals surface area contributed by atoms with Gasteiger partial charge in [-0.3, -0.25) is 9.69 Å². The molecule has 152 valence electrons. The van der Waals surface area contributed by atoms with Crippen molar-refractivity contribution < 1.29 is 9.53 Å². The van der Waals surface area contributed by atoms with Crippen molar-refractivity contribution >= 4 is 34.1 Å². The topological polar surface area (TPSA) is 48.6 Å². The molecule has 6 heteroatoms. The highest BCUT2D eigenvalue weighted by molar-refractivity contribution is 7.80. The number of thiocarbonyl (C=S) groups is 1. The molecule has 6 rings (SSSR count). The van der Waals surface area contributed by atoms with E-state index in [1.165, 1.54) is 10.9 Å². The molecular weight excluding hydrogens is 394 g/mol. The Morgan fingerprint density at radius 2 is 1.90 bits per heavy atom. The van der Waals surface area contributed by atoms with E-state index < -0.39 is 0 Å². The fourth-order valence-electron chi connectivity index (χ4n) is 5.27. The summed E-state index contributed by atoms with van der Waals surface area (Å²) < 4.78 is 5.80. The summed E-state index contributed by atoms with van der Waals surface area (Å²) in [4.78, 5) is 21.1. The molecule has 1 amide bonds. The third-order valence-corrected chi connectivity index (χ3v) is 7.09. The van der Waals surface area contributed by atoms with Crippen molar-refractivity contribution in [3.8, 4) is 0 Å². The molecule has 1 N–H and O–H groups in total. The zero-order valence-corrected chi connectivity index (χ0v) is 17.4. The Hall–Kier alpha value is -2.70. The number of fused-ring (bicyclic) bond motifs is 4. The minimum absolute atomic E-state index is 0.0853. The highest BCUT2D eigenvalue weighted by Gasteiger charge is 2.50. The number of aromatic amines is 1. The summed E-state index contributed by atoms with van der Waals surface area (Å²) in [5, 5.41) is 1.82. The van der Waals surface area contributed by atoms with E-state index in [-0.39, 0.29) is 24.1 Å². The van der Waals surface area contributed by atoms with Crippen molar-refractivity contribution in [2.75, 3.05) is 13.2 Å². The zero-order chi connectivity index (χ0) is 20.2. The SMILES string of the molecule is O=C1[C@H]2Cc3c([nH]c4ccccc34)[C@@H](c3ccccc3)N2C(=S)N1C[C@@H]1CCCO1. The molecule has 3 aliphatic heterocycles. The van der Waals surface area contributed by atoms with E-state index >= 15 is 0 Å². The molecule has 2 aromatic carbocycles. The Kier molecular flexibility index (Phi) is 4.18. The standard InChI is InChI=1S/C24H23N3O2S/c28-23-20-13-18-17-10-4-5-11-19(17)25-21(18)22(15-7-2-1-3-8-15)27(20)24(30)26(23)14-16-9-6-12-29-16/h1-5,7-8,10-11,16,20,22,25H,6,9,12-14H2/t16-,20+,22+/m0/s1. The molecule has 30 heavy (non-hydrogen) atoms. The third kappa shape index (κ3) is 2.63. The maximum absolute atomic E-state index is 13.5. The van der Waals surface area contributed by atoms with Gasteiger partial charge in [-0.2, -0.15) is 0 Å². The van der Waals surface area contributed by atoms with Gasteiger partial charge >= 0.3 is 0 Å². The fraction of sp³-hybridized carbons (Fsp3) is 0.333. The molecule has 3 atom stereocenters. The maximum Gasteiger partial charge on any atom is 0.251 e. The molecule has 0 aliphatic carbocycles. The van der Waals surface area contributed by atoms with Gasteiger partial charge in [0.25, 0.3) is 5.91 Å². The quantitative estimate of drug-likeness (QED) is 0.659. The predicted molar refractivity (Wildman–Crippen MR) is 119 cm³/mol. The molecule has 5 nitrogen and oxygen atoms in total. The summed E-state index contributed by atoms with van der Waals surface area (Å²) in [6.45, 7) is 1.33. The first kappa shape index (κ1) is 18.1. The van der Waals surface area contributed by atoms with E-state index in [1.54, 1.807) is 4.90 Å². The van der Waals surface area contributed by atoms with Crippen LogP contribution in [0.3, 0.4) is 0 Å². The summed E-state index contributed by atoms with van der Waals surface area (Å²) in [7, 11) is 0. The number of carbonyl (C=O) groups is 1. The normalized spacial score (nSPS) is 25.8. The highest BCUT2D eigenvalue weighted by atomic mass is 32.1. The molecule has 0 unspecified atom stereocenters. The van der Waals surface area contributed by atoms with Crippen molar-refractivity contribution in [3.63, 3.8) is 0 Å². The van der Waals surface area contributed by atoms with Crippen molar-refractivity contribution in [3.05, 3.63) is 71.4 Å². The number of para-hydroxylation sites is 1. The van der Waals surface area contributed by atoms with Gasteiger partial charge in [0.05, 0.1) is 18.7 Å². The molecule has 2 fully saturated rings. The number of hydrogen-bond donors (Lipinski definition) is 1. The van der Waals surface area contributed by atoms with Crippen LogP contribution in [-0.4, -0.2) is 51.1 Å². The van der Waals surface area contributed by atoms with Crippen LogP contribution in [-0.2, 0) is 16.0 Å². The van der Waals surface area contributed by atoms with Crippen molar-refractivity contribution in [1.82, 2.24) is 14.8 Å². The predicted octanol–water partition coefficient (Wildman–Crippen LogP) is 3.79. The van der Waals surface area contributed by atoms with Gasteiger partial charge in [0.2, 0.25) is 0 Å². The van der Waals surface area contributed by atoms with Crippen LogP contribution in [0.1, 0.15) is 35.7 Å². The maximum atomic E-state index is 13.5. The van der Waals surface area contributed by atoms with Crippen LogP contribution in [0.15, 0.2) is 54.6 Å². The lowest BCUT2D eigenvalue weighted by atomic mass is 9.89. The number of benzene rings is 2. The molecule has 2 saturated heterocycles. The van der Waals surface area contributed by atoms with E-state index in [0.29, 0.717) is 18.1 Å². The molecular formula is C24H23N3O2S. The second-order valence-corrected chi connectivity index (χ2v) is 8.73. The number of aromatic nitrogens is 1. The molecule has 1 aromatic heterocycles. The highest BCUT2D eigenvalue weighted by Crippen LogP contribution is 2.44. The Bertz CT molecular complexity index is 1140. The van der Waals surface area contributed by atoms with E-state index in [0.717, 1.165) is 36.2 Å². The van der Waals surface area contributed by atoms with Crippen LogP contribution in [0.4, 0.5) is 0 Å². The number of nitrogens with zero attached hydrogens (tertiary/aromatic N) is 2. The Morgan fingerprint density at radius 1 is 1.10 bits per heavy atom. The minimum Gasteiger partial charge on any atom is -0.376 e. The Labute approximate surface area is 180 Å². The van der Waals surface area contributed by atoms with E-state index in [1.807, 2.05) is 24.3 Å². The molecule has 0 spiro atoms. The molecule has 0 saturated carbocycles. The number of H-pyrrole nitrogens is 1. The number of nitrogens with one attached hydrogen (secondary N) is 1. The number of hydrogen-bond acceptors (Lipinski definition) is 3. The van der Waals surface area contributed by atoms with Crippen LogP contribution in [0, 0.1) is 0 Å². The van der Waals surface area contributed by atoms with E-state index in [2.05, 4.69) is 40.2 Å². The second-order valence-electron chi connectivity index (χ2n) is 8.37. The lowest BCUT2D eigenvalue weighted by molar-refractivity contribution is -0.129. The molecule has 0 bridgehead atoms. The average molecular weight is 418 g/mol. The smallest absolute Gasteiger partial charge is 0.251 e. The van der Waals surface area contributed by atoms with Gasteiger partial charge in [0.1, 0.15) is 6.04 Å². The first-order valence-electron chi connectivity index (χ1n) is 10.6. The lowest BCUT2D eigenvalue weighted by Gasteiger charge is -2.37. The molecule has 4 heterocycles. The second kappa shape index (κ2) is 6.93. The van der Waals surface area contributed by atoms with Gasteiger partial charge in [-0.25, -0.2) is 0 Å². The largest absolute Gasteiger partial charge is 0.376 e. The van der Waals surface area contributed by atoms with Crippen molar-refractivity contribution in [1.29, 1.82) is 0 Å². The first-order chi connectivity index (χ1) is 14.7. The number of carbonyl (C=O) groups excluding carboxylic acids is 1. The average Bonchev–Trinajstić information content (AvgIpc) is 3.48. The van der Waals surface area contributed by atoms with Gasteiger partial charge in [0.15, 0.2) is 5.11 Å². The van der Waals surface area contributed by atoms with Crippen LogP contribution in [0.25, 0.3) is 10.9 Å². The summed E-state index contributed by atoms with van der Waals surface area (Å²) in [6.07, 6.45) is 2.80. The third-order valence-electron chi connectivity index (χ3n) is 6.66. The Morgan fingerprint density at radius 3 is 2.70 bits per heavy atom. The molecule has 0 radical (unpaired) electrons. The molecule has 3 aromatic rings. The van der Waals surface area contributed by atoms with E-state index in [9.17, 15) is 4.79 Å². The lowest BCUT2D eigenvalue weighted by Crippen LogP contribution is -2.44. The van der Waals surface area contributed by atoms with Crippen LogP contribution in [0.2, 0.25) is 0 Å². The number of rotatable bonds is 3. The minimum atomic E-state index is -0.268.